The van der Waals surface area contributed by atoms with E-state index in [0.717, 1.165) is 30.5 Å². The van der Waals surface area contributed by atoms with E-state index in [4.69, 9.17) is 4.52 Å². The summed E-state index contributed by atoms with van der Waals surface area (Å²) in [5.41, 5.74) is -0.0870. The topological polar surface area (TPSA) is 60.2 Å². The van der Waals surface area contributed by atoms with Crippen molar-refractivity contribution >= 4 is 9.84 Å². The average Bonchev–Trinajstić information content (AvgIpc) is 2.96. The average molecular weight is 385 g/mol. The Bertz CT molecular complexity index is 1070. The molecule has 9 heteroatoms. The summed E-state index contributed by atoms with van der Waals surface area (Å²) < 4.78 is 82.3. The van der Waals surface area contributed by atoms with Gasteiger partial charge in [0.15, 0.2) is 22.3 Å². The monoisotopic (exact) mass is 385 g/mol. The predicted octanol–water partition coefficient (Wildman–Crippen LogP) is 4.30. The summed E-state index contributed by atoms with van der Waals surface area (Å²) in [6, 6.07) is 5.72. The third-order valence-electron chi connectivity index (χ3n) is 3.64. The maximum Gasteiger partial charge on any atom is 0.178 e. The molecule has 0 atom stereocenters. The fourth-order valence-corrected chi connectivity index (χ4v) is 3.29. The van der Waals surface area contributed by atoms with Crippen LogP contribution in [0.5, 0.6) is 0 Å². The summed E-state index contributed by atoms with van der Waals surface area (Å²) in [5.74, 6) is -3.09. The van der Waals surface area contributed by atoms with Crippen LogP contribution in [0.2, 0.25) is 0 Å². The Balaban J connectivity index is 2.22. The molecule has 0 aliphatic heterocycles. The molecule has 0 unspecified atom stereocenters. The van der Waals surface area contributed by atoms with Gasteiger partial charge in [0, 0.05) is 17.9 Å². The third kappa shape index (κ3) is 3.34. The number of sulfone groups is 1. The number of hydrogen-bond donors (Lipinski definition) is 0. The largest absolute Gasteiger partial charge is 0.357 e. The normalized spacial score (nSPS) is 11.7. The molecular formula is C17H11F4NO3S. The maximum atomic E-state index is 14.2. The van der Waals surface area contributed by atoms with E-state index in [-0.39, 0.29) is 28.1 Å². The Labute approximate surface area is 146 Å². The Morgan fingerprint density at radius 1 is 1.00 bits per heavy atom. The molecular weight excluding hydrogens is 374 g/mol. The van der Waals surface area contributed by atoms with E-state index in [1.54, 1.807) is 0 Å². The molecule has 136 valence electrons. The molecule has 0 saturated heterocycles. The van der Waals surface area contributed by atoms with E-state index in [1.165, 1.54) is 6.07 Å². The minimum Gasteiger partial charge on any atom is -0.357 e. The highest BCUT2D eigenvalue weighted by Crippen LogP contribution is 2.36. The third-order valence-corrected chi connectivity index (χ3v) is 4.77. The van der Waals surface area contributed by atoms with Crippen LogP contribution >= 0.6 is 0 Å². The second kappa shape index (κ2) is 6.56. The van der Waals surface area contributed by atoms with E-state index in [1.807, 2.05) is 0 Å². The molecule has 0 radical (unpaired) electrons. The standard InChI is InChI=1S/C17H11F4NO3S/c1-26(23,24)15-3-2-9(6-13(15)21)16-14(8-18)25-22-17(16)10-4-11(19)7-12(20)5-10/h2-7H,8H2,1H3. The van der Waals surface area contributed by atoms with Crippen LogP contribution in [0.25, 0.3) is 22.4 Å². The van der Waals surface area contributed by atoms with Crippen molar-refractivity contribution in [3.05, 3.63) is 59.6 Å². The van der Waals surface area contributed by atoms with Gasteiger partial charge in [-0.05, 0) is 29.8 Å². The molecule has 0 aliphatic carbocycles. The zero-order chi connectivity index (χ0) is 19.1. The summed E-state index contributed by atoms with van der Waals surface area (Å²) in [4.78, 5) is -0.530. The van der Waals surface area contributed by atoms with Crippen molar-refractivity contribution in [2.24, 2.45) is 0 Å². The Morgan fingerprint density at radius 3 is 2.19 bits per heavy atom. The quantitative estimate of drug-likeness (QED) is 0.629. The van der Waals surface area contributed by atoms with Crippen molar-refractivity contribution in [1.29, 1.82) is 0 Å². The number of benzene rings is 2. The van der Waals surface area contributed by atoms with E-state index in [0.29, 0.717) is 6.07 Å². The van der Waals surface area contributed by atoms with Crippen LogP contribution in [-0.4, -0.2) is 19.8 Å². The van der Waals surface area contributed by atoms with Crippen molar-refractivity contribution in [3.8, 4) is 22.4 Å². The summed E-state index contributed by atoms with van der Waals surface area (Å²) >= 11 is 0. The number of halogens is 4. The number of alkyl halides is 1. The van der Waals surface area contributed by atoms with Gasteiger partial charge >= 0.3 is 0 Å². The van der Waals surface area contributed by atoms with Gasteiger partial charge in [-0.25, -0.2) is 26.0 Å². The van der Waals surface area contributed by atoms with Crippen LogP contribution in [0.4, 0.5) is 17.6 Å². The molecule has 1 heterocycles. The van der Waals surface area contributed by atoms with E-state index >= 15 is 0 Å². The van der Waals surface area contributed by atoms with Gasteiger partial charge < -0.3 is 4.52 Å². The van der Waals surface area contributed by atoms with Crippen molar-refractivity contribution in [1.82, 2.24) is 5.16 Å². The van der Waals surface area contributed by atoms with E-state index < -0.39 is 38.9 Å². The molecule has 3 rings (SSSR count). The van der Waals surface area contributed by atoms with Crippen LogP contribution < -0.4 is 0 Å². The van der Waals surface area contributed by atoms with Gasteiger partial charge in [0.25, 0.3) is 0 Å². The first-order valence-corrected chi connectivity index (χ1v) is 9.11. The van der Waals surface area contributed by atoms with Gasteiger partial charge in [0.1, 0.15) is 28.0 Å². The van der Waals surface area contributed by atoms with Gasteiger partial charge in [-0.2, -0.15) is 0 Å². The molecule has 0 N–H and O–H groups in total. The van der Waals surface area contributed by atoms with Crippen molar-refractivity contribution in [2.45, 2.75) is 11.6 Å². The first kappa shape index (κ1) is 18.1. The van der Waals surface area contributed by atoms with Gasteiger partial charge in [-0.1, -0.05) is 11.2 Å². The van der Waals surface area contributed by atoms with Gasteiger partial charge in [-0.15, -0.1) is 0 Å². The first-order chi connectivity index (χ1) is 12.2. The lowest BCUT2D eigenvalue weighted by Gasteiger charge is -2.07. The highest BCUT2D eigenvalue weighted by molar-refractivity contribution is 7.90. The molecule has 4 nitrogen and oxygen atoms in total. The van der Waals surface area contributed by atoms with Crippen LogP contribution in [0.15, 0.2) is 45.8 Å². The number of rotatable bonds is 4. The Morgan fingerprint density at radius 2 is 1.65 bits per heavy atom. The molecule has 0 spiro atoms. The van der Waals surface area contributed by atoms with Crippen molar-refractivity contribution in [3.63, 3.8) is 0 Å². The van der Waals surface area contributed by atoms with Crippen LogP contribution in [0.3, 0.4) is 0 Å². The highest BCUT2D eigenvalue weighted by Gasteiger charge is 2.22. The zero-order valence-electron chi connectivity index (χ0n) is 13.3. The fraction of sp³-hybridized carbons (Fsp3) is 0.118. The van der Waals surface area contributed by atoms with E-state index in [2.05, 4.69) is 5.16 Å². The van der Waals surface area contributed by atoms with Crippen molar-refractivity contribution in [2.75, 3.05) is 6.26 Å². The highest BCUT2D eigenvalue weighted by atomic mass is 32.2. The minimum absolute atomic E-state index is 0.0172. The summed E-state index contributed by atoms with van der Waals surface area (Å²) in [5, 5.41) is 3.63. The lowest BCUT2D eigenvalue weighted by Crippen LogP contribution is -2.01. The number of hydrogen-bond acceptors (Lipinski definition) is 4. The molecule has 0 fully saturated rings. The van der Waals surface area contributed by atoms with Crippen LogP contribution in [0, 0.1) is 17.5 Å². The predicted molar refractivity (Wildman–Crippen MR) is 85.2 cm³/mol. The van der Waals surface area contributed by atoms with Crippen LogP contribution in [-0.2, 0) is 16.5 Å². The zero-order valence-corrected chi connectivity index (χ0v) is 14.1. The SMILES string of the molecule is CS(=O)(=O)c1ccc(-c2c(-c3cc(F)cc(F)c3)noc2CF)cc1F. The molecule has 0 aliphatic rings. The minimum atomic E-state index is -3.80. The van der Waals surface area contributed by atoms with E-state index in [9.17, 15) is 26.0 Å². The molecule has 0 bridgehead atoms. The van der Waals surface area contributed by atoms with Gasteiger partial charge in [0.05, 0.1) is 5.56 Å². The molecule has 2 aromatic carbocycles. The lowest BCUT2D eigenvalue weighted by atomic mass is 9.99. The molecule has 3 aromatic rings. The van der Waals surface area contributed by atoms with Gasteiger partial charge in [0.2, 0.25) is 0 Å². The smallest absolute Gasteiger partial charge is 0.178 e. The summed E-state index contributed by atoms with van der Waals surface area (Å²) in [7, 11) is -3.80. The second-order valence-corrected chi connectivity index (χ2v) is 7.52. The fourth-order valence-electron chi connectivity index (χ4n) is 2.56. The maximum absolute atomic E-state index is 14.2. The Kier molecular flexibility index (Phi) is 4.57. The first-order valence-electron chi connectivity index (χ1n) is 7.21. The Hall–Kier alpha value is -2.68. The molecule has 0 saturated carbocycles. The second-order valence-electron chi connectivity index (χ2n) is 5.54. The summed E-state index contributed by atoms with van der Waals surface area (Å²) in [6.45, 7) is -1.10. The molecule has 1 aromatic heterocycles. The molecule has 0 amide bonds. The summed E-state index contributed by atoms with van der Waals surface area (Å²) in [6.07, 6.45) is 0.846. The number of nitrogens with zero attached hydrogens (tertiary/aromatic N) is 1. The van der Waals surface area contributed by atoms with Gasteiger partial charge in [-0.3, -0.25) is 0 Å². The molecule has 26 heavy (non-hydrogen) atoms. The number of aromatic nitrogens is 1. The lowest BCUT2D eigenvalue weighted by molar-refractivity contribution is 0.332. The van der Waals surface area contributed by atoms with Crippen LogP contribution in [0.1, 0.15) is 5.76 Å². The van der Waals surface area contributed by atoms with Crippen molar-refractivity contribution < 1.29 is 30.5 Å².